The van der Waals surface area contributed by atoms with Crippen LogP contribution in [0.4, 0.5) is 0 Å². The SMILES string of the molecule is NC(O)CCCc1ccc(Cl)cc1. The van der Waals surface area contributed by atoms with E-state index in [-0.39, 0.29) is 0 Å². The van der Waals surface area contributed by atoms with Crippen LogP contribution in [-0.2, 0) is 6.42 Å². The standard InChI is InChI=1S/C10H14ClNO/c11-9-6-4-8(5-7-9)2-1-3-10(12)13/h4-7,10,13H,1-3,12H2. The molecule has 72 valence electrons. The van der Waals surface area contributed by atoms with Gasteiger partial charge in [0.15, 0.2) is 0 Å². The first-order valence-corrected chi connectivity index (χ1v) is 4.74. The molecule has 0 saturated heterocycles. The van der Waals surface area contributed by atoms with Crippen molar-refractivity contribution in [2.75, 3.05) is 0 Å². The van der Waals surface area contributed by atoms with E-state index < -0.39 is 6.23 Å². The monoisotopic (exact) mass is 199 g/mol. The van der Waals surface area contributed by atoms with Crippen LogP contribution in [0.25, 0.3) is 0 Å². The molecule has 0 aliphatic carbocycles. The predicted octanol–water partition coefficient (Wildman–Crippen LogP) is 1.94. The Morgan fingerprint density at radius 3 is 2.46 bits per heavy atom. The van der Waals surface area contributed by atoms with E-state index in [2.05, 4.69) is 0 Å². The van der Waals surface area contributed by atoms with Gasteiger partial charge in [0.2, 0.25) is 0 Å². The Morgan fingerprint density at radius 1 is 1.31 bits per heavy atom. The Morgan fingerprint density at radius 2 is 1.92 bits per heavy atom. The lowest BCUT2D eigenvalue weighted by molar-refractivity contribution is 0.169. The van der Waals surface area contributed by atoms with Gasteiger partial charge in [-0.15, -0.1) is 0 Å². The first-order chi connectivity index (χ1) is 6.18. The molecule has 1 aromatic carbocycles. The van der Waals surface area contributed by atoms with Gasteiger partial charge < -0.3 is 10.8 Å². The molecule has 0 fully saturated rings. The van der Waals surface area contributed by atoms with Crippen molar-refractivity contribution in [3.05, 3.63) is 34.9 Å². The zero-order valence-corrected chi connectivity index (χ0v) is 8.17. The van der Waals surface area contributed by atoms with Gasteiger partial charge in [0, 0.05) is 5.02 Å². The number of aliphatic hydroxyl groups excluding tert-OH is 1. The van der Waals surface area contributed by atoms with Gasteiger partial charge in [0.25, 0.3) is 0 Å². The first kappa shape index (κ1) is 10.5. The molecule has 0 heterocycles. The van der Waals surface area contributed by atoms with E-state index >= 15 is 0 Å². The lowest BCUT2D eigenvalue weighted by atomic mass is 10.1. The largest absolute Gasteiger partial charge is 0.379 e. The third-order valence-corrected chi connectivity index (χ3v) is 2.13. The quantitative estimate of drug-likeness (QED) is 0.729. The molecule has 1 aromatic rings. The Labute approximate surface area is 83.3 Å². The second kappa shape index (κ2) is 5.22. The zero-order chi connectivity index (χ0) is 9.68. The van der Waals surface area contributed by atoms with Crippen molar-refractivity contribution >= 4 is 11.6 Å². The third kappa shape index (κ3) is 4.27. The molecule has 1 unspecified atom stereocenters. The predicted molar refractivity (Wildman–Crippen MR) is 54.6 cm³/mol. The number of hydrogen-bond acceptors (Lipinski definition) is 2. The second-order valence-electron chi connectivity index (χ2n) is 3.09. The molecule has 0 aliphatic rings. The van der Waals surface area contributed by atoms with Gasteiger partial charge in [-0.25, -0.2) is 0 Å². The van der Waals surface area contributed by atoms with Crippen LogP contribution in [0.5, 0.6) is 0 Å². The van der Waals surface area contributed by atoms with Gasteiger partial charge in [-0.05, 0) is 37.0 Å². The number of hydrogen-bond donors (Lipinski definition) is 2. The Balaban J connectivity index is 2.33. The summed E-state index contributed by atoms with van der Waals surface area (Å²) < 4.78 is 0. The third-order valence-electron chi connectivity index (χ3n) is 1.88. The minimum absolute atomic E-state index is 0.641. The van der Waals surface area contributed by atoms with Crippen molar-refractivity contribution in [1.82, 2.24) is 0 Å². The molecule has 0 bridgehead atoms. The average Bonchev–Trinajstić information content (AvgIpc) is 2.08. The van der Waals surface area contributed by atoms with E-state index in [0.29, 0.717) is 6.42 Å². The number of halogens is 1. The first-order valence-electron chi connectivity index (χ1n) is 4.36. The molecule has 0 radical (unpaired) electrons. The van der Waals surface area contributed by atoms with Gasteiger partial charge in [0.05, 0.1) is 0 Å². The van der Waals surface area contributed by atoms with E-state index in [9.17, 15) is 0 Å². The van der Waals surface area contributed by atoms with Crippen molar-refractivity contribution in [2.45, 2.75) is 25.5 Å². The van der Waals surface area contributed by atoms with Crippen molar-refractivity contribution in [3.8, 4) is 0 Å². The van der Waals surface area contributed by atoms with Crippen molar-refractivity contribution in [2.24, 2.45) is 5.73 Å². The second-order valence-corrected chi connectivity index (χ2v) is 3.52. The summed E-state index contributed by atoms with van der Waals surface area (Å²) in [6, 6.07) is 7.72. The van der Waals surface area contributed by atoms with Crippen LogP contribution in [0.15, 0.2) is 24.3 Å². The summed E-state index contributed by atoms with van der Waals surface area (Å²) in [6.07, 6.45) is 1.79. The molecule has 0 spiro atoms. The maximum Gasteiger partial charge on any atom is 0.102 e. The summed E-state index contributed by atoms with van der Waals surface area (Å²) in [5.74, 6) is 0. The number of nitrogens with two attached hydrogens (primary N) is 1. The van der Waals surface area contributed by atoms with Gasteiger partial charge >= 0.3 is 0 Å². The normalized spacial score (nSPS) is 12.8. The highest BCUT2D eigenvalue weighted by Gasteiger charge is 1.97. The highest BCUT2D eigenvalue weighted by atomic mass is 35.5. The molecule has 0 amide bonds. The average molecular weight is 200 g/mol. The molecule has 13 heavy (non-hydrogen) atoms. The van der Waals surface area contributed by atoms with Crippen LogP contribution >= 0.6 is 11.6 Å². The van der Waals surface area contributed by atoms with Gasteiger partial charge in [-0.2, -0.15) is 0 Å². The fourth-order valence-corrected chi connectivity index (χ4v) is 1.29. The summed E-state index contributed by atoms with van der Waals surface area (Å²) in [4.78, 5) is 0. The molecule has 3 heteroatoms. The Bertz CT molecular complexity index is 246. The van der Waals surface area contributed by atoms with E-state index in [1.165, 1.54) is 5.56 Å². The summed E-state index contributed by atoms with van der Waals surface area (Å²) >= 11 is 5.74. The molecule has 0 aromatic heterocycles. The van der Waals surface area contributed by atoms with Crippen LogP contribution < -0.4 is 5.73 Å². The summed E-state index contributed by atoms with van der Waals surface area (Å²) in [6.45, 7) is 0. The maximum absolute atomic E-state index is 8.83. The van der Waals surface area contributed by atoms with E-state index in [1.54, 1.807) is 0 Å². The maximum atomic E-state index is 8.83. The van der Waals surface area contributed by atoms with Crippen LogP contribution in [0.3, 0.4) is 0 Å². The van der Waals surface area contributed by atoms with Crippen LogP contribution in [-0.4, -0.2) is 11.3 Å². The molecule has 3 N–H and O–H groups in total. The highest BCUT2D eigenvalue weighted by molar-refractivity contribution is 6.30. The Kier molecular flexibility index (Phi) is 4.22. The number of aliphatic hydroxyl groups is 1. The lowest BCUT2D eigenvalue weighted by Crippen LogP contribution is -2.18. The molecule has 0 aliphatic heterocycles. The van der Waals surface area contributed by atoms with E-state index in [1.807, 2.05) is 24.3 Å². The molecule has 0 saturated carbocycles. The zero-order valence-electron chi connectivity index (χ0n) is 7.41. The molecular weight excluding hydrogens is 186 g/mol. The summed E-state index contributed by atoms with van der Waals surface area (Å²) in [5, 5.41) is 9.58. The molecule has 1 rings (SSSR count). The van der Waals surface area contributed by atoms with E-state index in [0.717, 1.165) is 17.9 Å². The van der Waals surface area contributed by atoms with E-state index in [4.69, 9.17) is 22.4 Å². The van der Waals surface area contributed by atoms with Gasteiger partial charge in [-0.3, -0.25) is 0 Å². The smallest absolute Gasteiger partial charge is 0.102 e. The van der Waals surface area contributed by atoms with Crippen LogP contribution in [0.1, 0.15) is 18.4 Å². The van der Waals surface area contributed by atoms with Crippen LogP contribution in [0, 0.1) is 0 Å². The minimum atomic E-state index is -0.688. The van der Waals surface area contributed by atoms with Crippen molar-refractivity contribution < 1.29 is 5.11 Å². The van der Waals surface area contributed by atoms with Crippen molar-refractivity contribution in [3.63, 3.8) is 0 Å². The number of rotatable bonds is 4. The number of aryl methyl sites for hydroxylation is 1. The topological polar surface area (TPSA) is 46.2 Å². The van der Waals surface area contributed by atoms with Gasteiger partial charge in [0.1, 0.15) is 6.23 Å². The highest BCUT2D eigenvalue weighted by Crippen LogP contribution is 2.11. The summed E-state index contributed by atoms with van der Waals surface area (Å²) in [5.41, 5.74) is 6.44. The van der Waals surface area contributed by atoms with Gasteiger partial charge in [-0.1, -0.05) is 23.7 Å². The fraction of sp³-hybridized carbons (Fsp3) is 0.400. The van der Waals surface area contributed by atoms with Crippen molar-refractivity contribution in [1.29, 1.82) is 0 Å². The summed E-state index contributed by atoms with van der Waals surface area (Å²) in [7, 11) is 0. The Hall–Kier alpha value is -0.570. The molecule has 1 atom stereocenters. The van der Waals surface area contributed by atoms with Crippen LogP contribution in [0.2, 0.25) is 5.02 Å². The molecule has 2 nitrogen and oxygen atoms in total. The minimum Gasteiger partial charge on any atom is -0.379 e. The fourth-order valence-electron chi connectivity index (χ4n) is 1.17. The number of benzene rings is 1. The lowest BCUT2D eigenvalue weighted by Gasteiger charge is -2.03. The molecular formula is C10H14ClNO.